The van der Waals surface area contributed by atoms with E-state index in [-0.39, 0.29) is 17.1 Å². The van der Waals surface area contributed by atoms with Gasteiger partial charge in [0.05, 0.1) is 5.69 Å². The van der Waals surface area contributed by atoms with Crippen molar-refractivity contribution in [3.05, 3.63) is 51.1 Å². The Morgan fingerprint density at radius 3 is 2.43 bits per heavy atom. The Bertz CT molecular complexity index is 1080. The molecule has 2 heterocycles. The largest absolute Gasteiger partial charge is 0.453 e. The van der Waals surface area contributed by atoms with Gasteiger partial charge in [0.2, 0.25) is 5.78 Å². The van der Waals surface area contributed by atoms with Gasteiger partial charge in [-0.1, -0.05) is 6.92 Å². The van der Waals surface area contributed by atoms with Gasteiger partial charge in [0, 0.05) is 29.2 Å². The van der Waals surface area contributed by atoms with E-state index < -0.39 is 18.4 Å². The molecule has 0 unspecified atom stereocenters. The van der Waals surface area contributed by atoms with Crippen LogP contribution in [0.25, 0.3) is 6.08 Å². The summed E-state index contributed by atoms with van der Waals surface area (Å²) in [5, 5.41) is 9.40. The molecule has 0 aliphatic rings. The summed E-state index contributed by atoms with van der Waals surface area (Å²) in [6.07, 6.45) is 2.46. The number of hydrogen-bond donors (Lipinski definition) is 1. The van der Waals surface area contributed by atoms with E-state index in [0.717, 1.165) is 29.9 Å². The molecule has 0 bridgehead atoms. The molecule has 0 radical (unpaired) electrons. The molecule has 158 valence electrons. The second-order valence-electron chi connectivity index (χ2n) is 7.33. The van der Waals surface area contributed by atoms with Gasteiger partial charge in [-0.3, -0.25) is 9.59 Å². The molecule has 0 aliphatic carbocycles. The van der Waals surface area contributed by atoms with Crippen LogP contribution in [0.4, 0.5) is 0 Å². The van der Waals surface area contributed by atoms with E-state index in [9.17, 15) is 19.6 Å². The Morgan fingerprint density at radius 1 is 1.23 bits per heavy atom. The molecule has 1 N–H and O–H groups in total. The monoisotopic (exact) mass is 409 g/mol. The predicted octanol–water partition coefficient (Wildman–Crippen LogP) is 4.00. The zero-order chi connectivity index (χ0) is 22.6. The first-order valence-electron chi connectivity index (χ1n) is 9.81. The van der Waals surface area contributed by atoms with Crippen LogP contribution in [-0.4, -0.2) is 33.7 Å². The minimum Gasteiger partial charge on any atom is -0.453 e. The quantitative estimate of drug-likeness (QED) is 0.307. The van der Waals surface area contributed by atoms with E-state index in [0.29, 0.717) is 16.8 Å². The number of carbonyl (C=O) groups excluding carboxylic acids is 3. The van der Waals surface area contributed by atoms with Gasteiger partial charge in [-0.2, -0.15) is 5.26 Å². The molecule has 0 aliphatic heterocycles. The second kappa shape index (κ2) is 9.40. The number of H-pyrrole nitrogens is 1. The van der Waals surface area contributed by atoms with Crippen LogP contribution in [0.3, 0.4) is 0 Å². The molecule has 2 aromatic heterocycles. The molecule has 0 fully saturated rings. The Labute approximate surface area is 176 Å². The number of nitrogens with one attached hydrogen (secondary N) is 1. The van der Waals surface area contributed by atoms with Crippen LogP contribution in [-0.2, 0) is 16.1 Å². The molecule has 0 amide bonds. The number of rotatable bonds is 8. The third-order valence-electron chi connectivity index (χ3n) is 5.10. The topological polar surface area (TPSA) is 105 Å². The van der Waals surface area contributed by atoms with Crippen molar-refractivity contribution in [2.45, 2.75) is 54.5 Å². The fourth-order valence-electron chi connectivity index (χ4n) is 3.67. The maximum atomic E-state index is 12.5. The van der Waals surface area contributed by atoms with Crippen molar-refractivity contribution in [1.82, 2.24) is 9.55 Å². The summed E-state index contributed by atoms with van der Waals surface area (Å²) in [5.74, 6) is -1.47. The summed E-state index contributed by atoms with van der Waals surface area (Å²) >= 11 is 0. The third-order valence-corrected chi connectivity index (χ3v) is 5.10. The molecule has 0 saturated carbocycles. The van der Waals surface area contributed by atoms with Crippen LogP contribution < -0.4 is 0 Å². The first-order chi connectivity index (χ1) is 14.1. The molecular weight excluding hydrogens is 382 g/mol. The zero-order valence-corrected chi connectivity index (χ0v) is 18.3. The van der Waals surface area contributed by atoms with E-state index in [2.05, 4.69) is 16.5 Å². The van der Waals surface area contributed by atoms with E-state index in [1.165, 1.54) is 13.0 Å². The number of ketones is 2. The van der Waals surface area contributed by atoms with Crippen molar-refractivity contribution >= 4 is 23.6 Å². The predicted molar refractivity (Wildman–Crippen MR) is 113 cm³/mol. The number of nitriles is 1. The van der Waals surface area contributed by atoms with Crippen LogP contribution in [0.1, 0.15) is 69.3 Å². The third kappa shape index (κ3) is 4.60. The lowest BCUT2D eigenvalue weighted by molar-refractivity contribution is -0.137. The molecule has 7 heteroatoms. The van der Waals surface area contributed by atoms with Crippen LogP contribution >= 0.6 is 0 Å². The second-order valence-corrected chi connectivity index (χ2v) is 7.33. The highest BCUT2D eigenvalue weighted by Crippen LogP contribution is 2.20. The number of ether oxygens (including phenoxy) is 1. The highest BCUT2D eigenvalue weighted by Gasteiger charge is 2.22. The molecule has 0 saturated heterocycles. The van der Waals surface area contributed by atoms with Gasteiger partial charge >= 0.3 is 5.97 Å². The van der Waals surface area contributed by atoms with E-state index >= 15 is 0 Å². The van der Waals surface area contributed by atoms with Crippen LogP contribution in [0, 0.1) is 39.0 Å². The summed E-state index contributed by atoms with van der Waals surface area (Å²) in [6, 6.07) is 3.77. The number of aromatic nitrogens is 2. The lowest BCUT2D eigenvalue weighted by Crippen LogP contribution is -2.16. The van der Waals surface area contributed by atoms with Crippen molar-refractivity contribution in [2.75, 3.05) is 6.61 Å². The number of hydrogen-bond acceptors (Lipinski definition) is 5. The lowest BCUT2D eigenvalue weighted by atomic mass is 10.1. The Morgan fingerprint density at radius 2 is 1.90 bits per heavy atom. The molecule has 0 atom stereocenters. The summed E-state index contributed by atoms with van der Waals surface area (Å²) in [4.78, 5) is 39.5. The van der Waals surface area contributed by atoms with Gasteiger partial charge in [0.1, 0.15) is 11.6 Å². The van der Waals surface area contributed by atoms with E-state index in [1.807, 2.05) is 26.0 Å². The van der Waals surface area contributed by atoms with Crippen molar-refractivity contribution in [2.24, 2.45) is 0 Å². The standard InChI is InChI=1S/C23H27N3O4/c1-7-8-26-13(2)9-18(16(26)5)10-19(11-24)23(29)30-12-20(28)22-14(3)21(17(6)27)15(4)25-22/h9-10,25H,7-8,12H2,1-6H3. The van der Waals surface area contributed by atoms with Gasteiger partial charge < -0.3 is 14.3 Å². The van der Waals surface area contributed by atoms with E-state index in [1.54, 1.807) is 13.8 Å². The molecule has 30 heavy (non-hydrogen) atoms. The van der Waals surface area contributed by atoms with Crippen LogP contribution in [0.2, 0.25) is 0 Å². The van der Waals surface area contributed by atoms with Gasteiger partial charge in [-0.15, -0.1) is 0 Å². The Balaban J connectivity index is 2.17. The number of aromatic amines is 1. The van der Waals surface area contributed by atoms with Gasteiger partial charge in [0.15, 0.2) is 12.4 Å². The minimum atomic E-state index is -0.862. The normalized spacial score (nSPS) is 11.3. The average molecular weight is 409 g/mol. The summed E-state index contributed by atoms with van der Waals surface area (Å²) in [5.41, 5.74) is 4.41. The number of aryl methyl sites for hydroxylation is 2. The van der Waals surface area contributed by atoms with Gasteiger partial charge in [0.25, 0.3) is 0 Å². The molecule has 7 nitrogen and oxygen atoms in total. The summed E-state index contributed by atoms with van der Waals surface area (Å²) < 4.78 is 7.21. The lowest BCUT2D eigenvalue weighted by Gasteiger charge is -2.07. The SMILES string of the molecule is CCCn1c(C)cc(C=C(C#N)C(=O)OCC(=O)c2[nH]c(C)c(C(C)=O)c2C)c1C. The average Bonchev–Trinajstić information content (AvgIpc) is 3.13. The smallest absolute Gasteiger partial charge is 0.349 e. The number of carbonyl (C=O) groups is 3. The van der Waals surface area contributed by atoms with Crippen molar-refractivity contribution in [3.63, 3.8) is 0 Å². The van der Waals surface area contributed by atoms with Crippen molar-refractivity contribution in [1.29, 1.82) is 5.26 Å². The first-order valence-corrected chi connectivity index (χ1v) is 9.81. The fraction of sp³-hybridized carbons (Fsp3) is 0.391. The Kier molecular flexibility index (Phi) is 7.17. The van der Waals surface area contributed by atoms with Gasteiger partial charge in [-0.05, 0) is 64.3 Å². The molecule has 0 aromatic carbocycles. The number of nitrogens with zero attached hydrogens (tertiary/aromatic N) is 2. The highest BCUT2D eigenvalue weighted by atomic mass is 16.5. The van der Waals surface area contributed by atoms with Crippen LogP contribution in [0.15, 0.2) is 11.6 Å². The summed E-state index contributed by atoms with van der Waals surface area (Å²) in [7, 11) is 0. The first kappa shape index (κ1) is 22.9. The summed E-state index contributed by atoms with van der Waals surface area (Å²) in [6.45, 7) is 11.1. The fourth-order valence-corrected chi connectivity index (χ4v) is 3.67. The van der Waals surface area contributed by atoms with Crippen molar-refractivity contribution < 1.29 is 19.1 Å². The minimum absolute atomic E-state index is 0.146. The van der Waals surface area contributed by atoms with Crippen LogP contribution in [0.5, 0.6) is 0 Å². The molecule has 2 rings (SSSR count). The maximum absolute atomic E-state index is 12.5. The molecule has 2 aromatic rings. The number of Topliss-reactive ketones (excluding diaryl/α,β-unsaturated/α-hetero) is 2. The van der Waals surface area contributed by atoms with Gasteiger partial charge in [-0.25, -0.2) is 4.79 Å². The number of esters is 1. The maximum Gasteiger partial charge on any atom is 0.349 e. The van der Waals surface area contributed by atoms with Crippen molar-refractivity contribution in [3.8, 4) is 6.07 Å². The Hall–Kier alpha value is -3.40. The van der Waals surface area contributed by atoms with E-state index in [4.69, 9.17) is 4.74 Å². The zero-order valence-electron chi connectivity index (χ0n) is 18.3. The highest BCUT2D eigenvalue weighted by molar-refractivity contribution is 6.05. The molecule has 0 spiro atoms. The molecular formula is C23H27N3O4.